The van der Waals surface area contributed by atoms with E-state index in [4.69, 9.17) is 25.8 Å². The Balaban J connectivity index is 1.94. The van der Waals surface area contributed by atoms with Gasteiger partial charge in [0.2, 0.25) is 0 Å². The molecular weight excluding hydrogens is 532 g/mol. The number of nitrogens with zero attached hydrogens (tertiary/aromatic N) is 2. The molecule has 0 spiro atoms. The molecule has 0 unspecified atom stereocenters. The van der Waals surface area contributed by atoms with Gasteiger partial charge < -0.3 is 14.2 Å². The number of aromatic nitrogens is 1. The summed E-state index contributed by atoms with van der Waals surface area (Å²) in [7, 11) is 0. The first kappa shape index (κ1) is 27.0. The van der Waals surface area contributed by atoms with Crippen LogP contribution in [0.4, 0.5) is 0 Å². The van der Waals surface area contributed by atoms with Gasteiger partial charge >= 0.3 is 17.9 Å². The third-order valence-corrected chi connectivity index (χ3v) is 6.83. The van der Waals surface area contributed by atoms with Gasteiger partial charge in [0.1, 0.15) is 17.5 Å². The molecular formula is C27H23ClN2O7S. The van der Waals surface area contributed by atoms with Crippen molar-refractivity contribution in [1.82, 2.24) is 4.57 Å². The molecule has 0 saturated carbocycles. The minimum Gasteiger partial charge on any atom is -0.463 e. The van der Waals surface area contributed by atoms with Crippen LogP contribution in [0.2, 0.25) is 5.02 Å². The number of ether oxygens (including phenoxy) is 3. The number of hydrogen-bond donors (Lipinski definition) is 0. The monoisotopic (exact) mass is 554 g/mol. The Hall–Kier alpha value is -4.02. The molecule has 0 aliphatic carbocycles. The molecule has 1 aliphatic rings. The van der Waals surface area contributed by atoms with Crippen molar-refractivity contribution in [2.45, 2.75) is 33.7 Å². The standard InChI is InChI=1S/C27H23ClN2O7S/c1-5-35-26(34)23-14(2)29-27-30(24(23)19-8-6-7-9-20(19)28)25(33)22(38-27)12-17-10-11-18(36-15(3)31)13-21(17)37-16(4)32/h6-13,24H,5H2,1-4H3/b22-12-/t24-/m0/s1. The molecule has 0 radical (unpaired) electrons. The van der Waals surface area contributed by atoms with E-state index in [2.05, 4.69) is 4.99 Å². The van der Waals surface area contributed by atoms with Crippen LogP contribution in [0.5, 0.6) is 11.5 Å². The molecule has 1 aliphatic heterocycles. The number of esters is 3. The van der Waals surface area contributed by atoms with E-state index in [-0.39, 0.29) is 28.2 Å². The topological polar surface area (TPSA) is 113 Å². The summed E-state index contributed by atoms with van der Waals surface area (Å²) < 4.78 is 17.4. The molecule has 0 bridgehead atoms. The summed E-state index contributed by atoms with van der Waals surface area (Å²) in [5.41, 5.74) is 1.14. The number of halogens is 1. The van der Waals surface area contributed by atoms with Crippen molar-refractivity contribution >= 4 is 46.9 Å². The molecule has 2 heterocycles. The number of carbonyl (C=O) groups excluding carboxylic acids is 3. The first-order valence-electron chi connectivity index (χ1n) is 11.6. The second-order valence-electron chi connectivity index (χ2n) is 8.21. The molecule has 1 aromatic heterocycles. The van der Waals surface area contributed by atoms with Crippen molar-refractivity contribution in [1.29, 1.82) is 0 Å². The number of benzene rings is 2. The lowest BCUT2D eigenvalue weighted by Gasteiger charge is -2.25. The van der Waals surface area contributed by atoms with E-state index < -0.39 is 29.5 Å². The Morgan fingerprint density at radius 1 is 1.11 bits per heavy atom. The number of allylic oxidation sites excluding steroid dienone is 1. The van der Waals surface area contributed by atoms with Crippen molar-refractivity contribution in [3.8, 4) is 11.5 Å². The maximum Gasteiger partial charge on any atom is 0.338 e. The van der Waals surface area contributed by atoms with E-state index in [9.17, 15) is 19.2 Å². The van der Waals surface area contributed by atoms with Gasteiger partial charge in [-0.1, -0.05) is 41.1 Å². The summed E-state index contributed by atoms with van der Waals surface area (Å²) >= 11 is 7.63. The van der Waals surface area contributed by atoms with Gasteiger partial charge in [0.15, 0.2) is 4.80 Å². The zero-order chi connectivity index (χ0) is 27.6. The Morgan fingerprint density at radius 2 is 1.82 bits per heavy atom. The van der Waals surface area contributed by atoms with E-state index >= 15 is 0 Å². The van der Waals surface area contributed by atoms with Crippen LogP contribution in [0.15, 0.2) is 63.5 Å². The van der Waals surface area contributed by atoms with Crippen LogP contribution in [0.25, 0.3) is 6.08 Å². The average Bonchev–Trinajstić information content (AvgIpc) is 3.14. The third-order valence-electron chi connectivity index (χ3n) is 5.50. The van der Waals surface area contributed by atoms with Crippen LogP contribution in [0, 0.1) is 0 Å². The molecule has 0 fully saturated rings. The summed E-state index contributed by atoms with van der Waals surface area (Å²) in [6.07, 6.45) is 1.55. The number of rotatable bonds is 6. The van der Waals surface area contributed by atoms with Gasteiger partial charge in [-0.2, -0.15) is 0 Å². The fraction of sp³-hybridized carbons (Fsp3) is 0.222. The van der Waals surface area contributed by atoms with Gasteiger partial charge in [0, 0.05) is 30.5 Å². The zero-order valence-electron chi connectivity index (χ0n) is 20.9. The summed E-state index contributed by atoms with van der Waals surface area (Å²) in [4.78, 5) is 54.7. The molecule has 0 amide bonds. The Bertz CT molecular complexity index is 1670. The maximum atomic E-state index is 13.8. The molecule has 2 aromatic carbocycles. The van der Waals surface area contributed by atoms with Crippen LogP contribution in [-0.2, 0) is 19.1 Å². The molecule has 9 nitrogen and oxygen atoms in total. The van der Waals surface area contributed by atoms with Crippen molar-refractivity contribution in [2.75, 3.05) is 6.61 Å². The fourth-order valence-corrected chi connectivity index (χ4v) is 5.31. The highest BCUT2D eigenvalue weighted by Crippen LogP contribution is 2.34. The van der Waals surface area contributed by atoms with Gasteiger partial charge in [0.05, 0.1) is 22.4 Å². The largest absolute Gasteiger partial charge is 0.463 e. The van der Waals surface area contributed by atoms with Crippen molar-refractivity contribution in [2.24, 2.45) is 4.99 Å². The summed E-state index contributed by atoms with van der Waals surface area (Å²) in [6, 6.07) is 10.6. The zero-order valence-corrected chi connectivity index (χ0v) is 22.5. The van der Waals surface area contributed by atoms with E-state index in [1.165, 1.54) is 30.5 Å². The highest BCUT2D eigenvalue weighted by molar-refractivity contribution is 7.07. The van der Waals surface area contributed by atoms with Crippen LogP contribution in [0.1, 0.15) is 44.9 Å². The molecule has 0 N–H and O–H groups in total. The van der Waals surface area contributed by atoms with Crippen LogP contribution in [-0.4, -0.2) is 29.1 Å². The smallest absolute Gasteiger partial charge is 0.338 e. The fourth-order valence-electron chi connectivity index (χ4n) is 4.03. The van der Waals surface area contributed by atoms with E-state index in [1.807, 2.05) is 0 Å². The molecule has 4 rings (SSSR count). The predicted molar refractivity (Wildman–Crippen MR) is 141 cm³/mol. The minimum atomic E-state index is -0.861. The van der Waals surface area contributed by atoms with Gasteiger partial charge in [-0.3, -0.25) is 19.0 Å². The van der Waals surface area contributed by atoms with Gasteiger partial charge in [-0.25, -0.2) is 9.79 Å². The molecule has 0 saturated heterocycles. The first-order valence-corrected chi connectivity index (χ1v) is 12.7. The number of carbonyl (C=O) groups is 3. The van der Waals surface area contributed by atoms with Gasteiger partial charge in [-0.05, 0) is 43.7 Å². The number of fused-ring (bicyclic) bond motifs is 1. The maximum absolute atomic E-state index is 13.8. The number of hydrogen-bond acceptors (Lipinski definition) is 9. The third kappa shape index (κ3) is 5.46. The van der Waals surface area contributed by atoms with Crippen LogP contribution >= 0.6 is 22.9 Å². The highest BCUT2D eigenvalue weighted by Gasteiger charge is 2.34. The van der Waals surface area contributed by atoms with Crippen molar-refractivity contribution < 1.29 is 28.6 Å². The SMILES string of the molecule is CCOC(=O)C1=C(C)N=c2s/c(=C\c3ccc(OC(C)=O)cc3OC(C)=O)c(=O)n2[C@H]1c1ccccc1Cl. The first-order chi connectivity index (χ1) is 18.1. The molecule has 11 heteroatoms. The second kappa shape index (κ2) is 11.2. The predicted octanol–water partition coefficient (Wildman–Crippen LogP) is 3.30. The lowest BCUT2D eigenvalue weighted by atomic mass is 9.96. The molecule has 3 aromatic rings. The second-order valence-corrected chi connectivity index (χ2v) is 9.63. The minimum absolute atomic E-state index is 0.105. The molecule has 196 valence electrons. The summed E-state index contributed by atoms with van der Waals surface area (Å²) in [6.45, 7) is 6.01. The lowest BCUT2D eigenvalue weighted by molar-refractivity contribution is -0.139. The van der Waals surface area contributed by atoms with Crippen molar-refractivity contribution in [3.63, 3.8) is 0 Å². The van der Waals surface area contributed by atoms with Crippen LogP contribution in [0.3, 0.4) is 0 Å². The lowest BCUT2D eigenvalue weighted by Crippen LogP contribution is -2.40. The van der Waals surface area contributed by atoms with Gasteiger partial charge in [0.25, 0.3) is 5.56 Å². The molecule has 1 atom stereocenters. The van der Waals surface area contributed by atoms with E-state index in [0.717, 1.165) is 11.3 Å². The summed E-state index contributed by atoms with van der Waals surface area (Å²) in [5, 5.41) is 0.377. The van der Waals surface area contributed by atoms with Gasteiger partial charge in [-0.15, -0.1) is 0 Å². The average molecular weight is 555 g/mol. The highest BCUT2D eigenvalue weighted by atomic mass is 35.5. The Kier molecular flexibility index (Phi) is 7.94. The Morgan fingerprint density at radius 3 is 2.47 bits per heavy atom. The summed E-state index contributed by atoms with van der Waals surface area (Å²) in [5.74, 6) is -1.43. The van der Waals surface area contributed by atoms with E-state index in [1.54, 1.807) is 50.3 Å². The van der Waals surface area contributed by atoms with Crippen molar-refractivity contribution in [3.05, 3.63) is 89.6 Å². The number of thiazole rings is 1. The van der Waals surface area contributed by atoms with E-state index in [0.29, 0.717) is 26.6 Å². The van der Waals surface area contributed by atoms with Crippen LogP contribution < -0.4 is 24.4 Å². The Labute approximate surface area is 226 Å². The molecule has 38 heavy (non-hydrogen) atoms. The normalized spacial score (nSPS) is 15.0. The quantitative estimate of drug-likeness (QED) is 0.339.